The summed E-state index contributed by atoms with van der Waals surface area (Å²) in [5, 5.41) is 0. The maximum atomic E-state index is 5.44. The van der Waals surface area contributed by atoms with E-state index in [1.54, 1.807) is 12.5 Å². The van der Waals surface area contributed by atoms with E-state index in [0.29, 0.717) is 6.61 Å². The van der Waals surface area contributed by atoms with Crippen LogP contribution in [0.1, 0.15) is 6.92 Å². The van der Waals surface area contributed by atoms with Crippen molar-refractivity contribution in [3.8, 4) is 16.9 Å². The van der Waals surface area contributed by atoms with Crippen molar-refractivity contribution in [3.05, 3.63) is 42.9 Å². The standard InChI is InChI=1S/C12H12O2/c1-2-14-12-9-13-8-11(12)10-6-4-3-5-7-10/h3-9H,2H2,1H3. The molecule has 0 aliphatic rings. The topological polar surface area (TPSA) is 22.4 Å². The molecule has 0 aliphatic heterocycles. The Balaban J connectivity index is 2.37. The normalized spacial score (nSPS) is 10.1. The molecule has 14 heavy (non-hydrogen) atoms. The Bertz CT molecular complexity index is 390. The van der Waals surface area contributed by atoms with Crippen LogP contribution in [-0.2, 0) is 0 Å². The molecule has 2 nitrogen and oxygen atoms in total. The first-order chi connectivity index (χ1) is 6.92. The van der Waals surface area contributed by atoms with E-state index in [9.17, 15) is 0 Å². The van der Waals surface area contributed by atoms with Crippen molar-refractivity contribution < 1.29 is 9.15 Å². The van der Waals surface area contributed by atoms with Crippen LogP contribution in [0.2, 0.25) is 0 Å². The SMILES string of the molecule is CCOc1cocc1-c1ccccc1. The lowest BCUT2D eigenvalue weighted by Gasteiger charge is -2.02. The van der Waals surface area contributed by atoms with Crippen LogP contribution in [0.5, 0.6) is 5.75 Å². The van der Waals surface area contributed by atoms with Gasteiger partial charge < -0.3 is 9.15 Å². The van der Waals surface area contributed by atoms with Crippen molar-refractivity contribution in [2.24, 2.45) is 0 Å². The number of rotatable bonds is 3. The Morgan fingerprint density at radius 2 is 1.93 bits per heavy atom. The molecule has 0 amide bonds. The largest absolute Gasteiger partial charge is 0.490 e. The van der Waals surface area contributed by atoms with Crippen LogP contribution in [0.15, 0.2) is 47.3 Å². The average Bonchev–Trinajstić information content (AvgIpc) is 2.68. The van der Waals surface area contributed by atoms with Crippen LogP contribution in [0.4, 0.5) is 0 Å². The molecule has 0 N–H and O–H groups in total. The molecule has 2 aromatic rings. The fourth-order valence-electron chi connectivity index (χ4n) is 1.38. The maximum absolute atomic E-state index is 5.44. The third-order valence-corrected chi connectivity index (χ3v) is 2.01. The summed E-state index contributed by atoms with van der Waals surface area (Å²) in [4.78, 5) is 0. The highest BCUT2D eigenvalue weighted by molar-refractivity contribution is 5.68. The lowest BCUT2D eigenvalue weighted by Crippen LogP contribution is -1.90. The van der Waals surface area contributed by atoms with Crippen molar-refractivity contribution >= 4 is 0 Å². The zero-order chi connectivity index (χ0) is 9.80. The summed E-state index contributed by atoms with van der Waals surface area (Å²) >= 11 is 0. The van der Waals surface area contributed by atoms with Gasteiger partial charge in [0.25, 0.3) is 0 Å². The molecule has 1 heterocycles. The van der Waals surface area contributed by atoms with Gasteiger partial charge in [-0.25, -0.2) is 0 Å². The van der Waals surface area contributed by atoms with Crippen LogP contribution in [0, 0.1) is 0 Å². The second kappa shape index (κ2) is 4.01. The number of hydrogen-bond donors (Lipinski definition) is 0. The average molecular weight is 188 g/mol. The van der Waals surface area contributed by atoms with Crippen LogP contribution >= 0.6 is 0 Å². The van der Waals surface area contributed by atoms with Gasteiger partial charge in [0.1, 0.15) is 12.5 Å². The van der Waals surface area contributed by atoms with Crippen LogP contribution in [-0.4, -0.2) is 6.61 Å². The molecule has 1 aromatic carbocycles. The van der Waals surface area contributed by atoms with E-state index >= 15 is 0 Å². The van der Waals surface area contributed by atoms with Gasteiger partial charge in [0.2, 0.25) is 0 Å². The van der Waals surface area contributed by atoms with Gasteiger partial charge in [-0.05, 0) is 12.5 Å². The number of ether oxygens (including phenoxy) is 1. The summed E-state index contributed by atoms with van der Waals surface area (Å²) in [5.41, 5.74) is 2.12. The molecule has 2 rings (SSSR count). The van der Waals surface area contributed by atoms with Crippen molar-refractivity contribution in [2.45, 2.75) is 6.92 Å². The summed E-state index contributed by atoms with van der Waals surface area (Å²) in [7, 11) is 0. The number of benzene rings is 1. The molecule has 72 valence electrons. The molecule has 0 radical (unpaired) electrons. The Morgan fingerprint density at radius 1 is 1.14 bits per heavy atom. The van der Waals surface area contributed by atoms with E-state index in [0.717, 1.165) is 16.9 Å². The van der Waals surface area contributed by atoms with E-state index in [2.05, 4.69) is 0 Å². The Morgan fingerprint density at radius 3 is 2.64 bits per heavy atom. The lowest BCUT2D eigenvalue weighted by molar-refractivity contribution is 0.336. The minimum absolute atomic E-state index is 0.652. The second-order valence-corrected chi connectivity index (χ2v) is 2.95. The molecule has 0 aliphatic carbocycles. The molecule has 1 aromatic heterocycles. The van der Waals surface area contributed by atoms with Gasteiger partial charge in [0.15, 0.2) is 5.75 Å². The minimum atomic E-state index is 0.652. The highest BCUT2D eigenvalue weighted by atomic mass is 16.5. The predicted molar refractivity (Wildman–Crippen MR) is 55.3 cm³/mol. The third-order valence-electron chi connectivity index (χ3n) is 2.01. The molecule has 0 spiro atoms. The van der Waals surface area contributed by atoms with Gasteiger partial charge in [-0.15, -0.1) is 0 Å². The van der Waals surface area contributed by atoms with E-state index in [1.165, 1.54) is 0 Å². The summed E-state index contributed by atoms with van der Waals surface area (Å²) < 4.78 is 10.6. The first-order valence-electron chi connectivity index (χ1n) is 4.66. The molecule has 0 fully saturated rings. The van der Waals surface area contributed by atoms with Crippen molar-refractivity contribution in [3.63, 3.8) is 0 Å². The Labute approximate surface area is 83.1 Å². The molecule has 0 bridgehead atoms. The Kier molecular flexibility index (Phi) is 2.54. The smallest absolute Gasteiger partial charge is 0.165 e. The molecule has 2 heteroatoms. The van der Waals surface area contributed by atoms with Gasteiger partial charge in [-0.1, -0.05) is 30.3 Å². The van der Waals surface area contributed by atoms with Gasteiger partial charge in [-0.3, -0.25) is 0 Å². The first kappa shape index (κ1) is 8.88. The second-order valence-electron chi connectivity index (χ2n) is 2.95. The fraction of sp³-hybridized carbons (Fsp3) is 0.167. The highest BCUT2D eigenvalue weighted by Gasteiger charge is 2.07. The fourth-order valence-corrected chi connectivity index (χ4v) is 1.38. The quantitative estimate of drug-likeness (QED) is 0.737. The summed E-state index contributed by atoms with van der Waals surface area (Å²) in [6.45, 7) is 2.61. The summed E-state index contributed by atoms with van der Waals surface area (Å²) in [5.74, 6) is 0.804. The van der Waals surface area contributed by atoms with E-state index in [1.807, 2.05) is 37.3 Å². The van der Waals surface area contributed by atoms with Gasteiger partial charge >= 0.3 is 0 Å². The monoisotopic (exact) mass is 188 g/mol. The van der Waals surface area contributed by atoms with Gasteiger partial charge in [0, 0.05) is 0 Å². The van der Waals surface area contributed by atoms with Crippen LogP contribution in [0.25, 0.3) is 11.1 Å². The minimum Gasteiger partial charge on any atom is -0.490 e. The molecule has 0 saturated heterocycles. The third kappa shape index (κ3) is 1.64. The molecule has 0 saturated carbocycles. The van der Waals surface area contributed by atoms with Gasteiger partial charge in [-0.2, -0.15) is 0 Å². The number of hydrogen-bond acceptors (Lipinski definition) is 2. The van der Waals surface area contributed by atoms with E-state index < -0.39 is 0 Å². The van der Waals surface area contributed by atoms with E-state index in [4.69, 9.17) is 9.15 Å². The molecular formula is C12H12O2. The van der Waals surface area contributed by atoms with Crippen LogP contribution in [0.3, 0.4) is 0 Å². The lowest BCUT2D eigenvalue weighted by atomic mass is 10.1. The summed E-state index contributed by atoms with van der Waals surface area (Å²) in [6, 6.07) is 10.1. The highest BCUT2D eigenvalue weighted by Crippen LogP contribution is 2.30. The molecule has 0 unspecified atom stereocenters. The Hall–Kier alpha value is -1.70. The number of furan rings is 1. The van der Waals surface area contributed by atoms with E-state index in [-0.39, 0.29) is 0 Å². The van der Waals surface area contributed by atoms with Crippen molar-refractivity contribution in [2.75, 3.05) is 6.61 Å². The predicted octanol–water partition coefficient (Wildman–Crippen LogP) is 3.35. The van der Waals surface area contributed by atoms with Crippen LogP contribution < -0.4 is 4.74 Å². The zero-order valence-corrected chi connectivity index (χ0v) is 8.07. The van der Waals surface area contributed by atoms with Crippen molar-refractivity contribution in [1.82, 2.24) is 0 Å². The molecule has 0 atom stereocenters. The maximum Gasteiger partial charge on any atom is 0.165 e. The van der Waals surface area contributed by atoms with Crippen molar-refractivity contribution in [1.29, 1.82) is 0 Å². The first-order valence-corrected chi connectivity index (χ1v) is 4.66. The van der Waals surface area contributed by atoms with Gasteiger partial charge in [0.05, 0.1) is 12.2 Å². The molecular weight excluding hydrogens is 176 g/mol. The summed E-state index contributed by atoms with van der Waals surface area (Å²) in [6.07, 6.45) is 3.34. The zero-order valence-electron chi connectivity index (χ0n) is 8.07.